The van der Waals surface area contributed by atoms with Gasteiger partial charge in [0.2, 0.25) is 0 Å². The summed E-state index contributed by atoms with van der Waals surface area (Å²) >= 11 is 0. The van der Waals surface area contributed by atoms with E-state index in [4.69, 9.17) is 0 Å². The van der Waals surface area contributed by atoms with E-state index in [-0.39, 0.29) is 17.5 Å². The van der Waals surface area contributed by atoms with Crippen molar-refractivity contribution in [2.75, 3.05) is 18.0 Å². The summed E-state index contributed by atoms with van der Waals surface area (Å²) in [6, 6.07) is 12.0. The molecule has 1 unspecified atom stereocenters. The summed E-state index contributed by atoms with van der Waals surface area (Å²) in [5.74, 6) is 0.0833. The van der Waals surface area contributed by atoms with Gasteiger partial charge in [0.25, 0.3) is 5.91 Å². The molecule has 1 aromatic heterocycles. The first-order chi connectivity index (χ1) is 11.1. The number of carbonyl (C=O) groups is 1. The Labute approximate surface area is 135 Å². The third-order valence-corrected chi connectivity index (χ3v) is 4.07. The van der Waals surface area contributed by atoms with E-state index in [1.807, 2.05) is 25.1 Å². The first kappa shape index (κ1) is 15.5. The smallest absolute Gasteiger partial charge is 0.254 e. The summed E-state index contributed by atoms with van der Waals surface area (Å²) in [4.78, 5) is 19.0. The summed E-state index contributed by atoms with van der Waals surface area (Å²) in [7, 11) is 0. The first-order valence-corrected chi connectivity index (χ1v) is 7.87. The standard InChI is InChI=1S/C18H20FN3O/c1-13-6-4-10-17(20-13)22-11-5-7-14(12-22)21-18(23)15-8-2-3-9-16(15)19/h2-4,6,8-10,14H,5,7,11-12H2,1H3,(H,21,23). The average molecular weight is 313 g/mol. The molecule has 0 saturated carbocycles. The van der Waals surface area contributed by atoms with Crippen LogP contribution in [-0.2, 0) is 0 Å². The Hall–Kier alpha value is -2.43. The van der Waals surface area contributed by atoms with Crippen molar-refractivity contribution >= 4 is 11.7 Å². The fourth-order valence-corrected chi connectivity index (χ4v) is 2.92. The third-order valence-electron chi connectivity index (χ3n) is 4.07. The fraction of sp³-hybridized carbons (Fsp3) is 0.333. The van der Waals surface area contributed by atoms with Crippen LogP contribution in [0.3, 0.4) is 0 Å². The Morgan fingerprint density at radius 3 is 2.87 bits per heavy atom. The van der Waals surface area contributed by atoms with Gasteiger partial charge in [-0.25, -0.2) is 9.37 Å². The zero-order valence-corrected chi connectivity index (χ0v) is 13.1. The number of carbonyl (C=O) groups excluding carboxylic acids is 1. The van der Waals surface area contributed by atoms with Gasteiger partial charge in [-0.3, -0.25) is 4.79 Å². The van der Waals surface area contributed by atoms with Crippen molar-refractivity contribution in [3.05, 3.63) is 59.5 Å². The molecule has 4 nitrogen and oxygen atoms in total. The second-order valence-electron chi connectivity index (χ2n) is 5.88. The number of anilines is 1. The van der Waals surface area contributed by atoms with Crippen molar-refractivity contribution in [3.8, 4) is 0 Å². The second kappa shape index (κ2) is 6.77. The van der Waals surface area contributed by atoms with E-state index in [9.17, 15) is 9.18 Å². The molecule has 0 radical (unpaired) electrons. The maximum atomic E-state index is 13.7. The molecular formula is C18H20FN3O. The zero-order chi connectivity index (χ0) is 16.2. The molecule has 0 spiro atoms. The van der Waals surface area contributed by atoms with E-state index in [2.05, 4.69) is 15.2 Å². The van der Waals surface area contributed by atoms with Gasteiger partial charge in [0.1, 0.15) is 11.6 Å². The van der Waals surface area contributed by atoms with Crippen LogP contribution < -0.4 is 10.2 Å². The minimum absolute atomic E-state index is 0.00170. The fourth-order valence-electron chi connectivity index (χ4n) is 2.92. The van der Waals surface area contributed by atoms with E-state index in [1.165, 1.54) is 12.1 Å². The number of halogens is 1. The molecule has 1 amide bonds. The molecule has 1 fully saturated rings. The lowest BCUT2D eigenvalue weighted by atomic mass is 10.0. The molecule has 3 rings (SSSR count). The van der Waals surface area contributed by atoms with Crippen LogP contribution in [-0.4, -0.2) is 30.0 Å². The van der Waals surface area contributed by atoms with Crippen LogP contribution in [0.15, 0.2) is 42.5 Å². The number of piperidine rings is 1. The molecule has 1 aliphatic heterocycles. The van der Waals surface area contributed by atoms with Gasteiger partial charge >= 0.3 is 0 Å². The van der Waals surface area contributed by atoms with Gasteiger partial charge in [0.15, 0.2) is 0 Å². The number of nitrogens with zero attached hydrogens (tertiary/aromatic N) is 2. The molecule has 1 N–H and O–H groups in total. The Balaban J connectivity index is 1.67. The number of hydrogen-bond acceptors (Lipinski definition) is 3. The van der Waals surface area contributed by atoms with Gasteiger partial charge in [0.05, 0.1) is 5.56 Å². The Kier molecular flexibility index (Phi) is 4.55. The molecule has 0 aliphatic carbocycles. The molecule has 2 aromatic rings. The lowest BCUT2D eigenvalue weighted by Gasteiger charge is -2.34. The second-order valence-corrected chi connectivity index (χ2v) is 5.88. The minimum atomic E-state index is -0.488. The molecule has 5 heteroatoms. The van der Waals surface area contributed by atoms with Crippen LogP contribution in [0.4, 0.5) is 10.2 Å². The summed E-state index contributed by atoms with van der Waals surface area (Å²) in [6.07, 6.45) is 1.86. The molecule has 23 heavy (non-hydrogen) atoms. The molecule has 1 aliphatic rings. The van der Waals surface area contributed by atoms with E-state index in [0.717, 1.165) is 30.9 Å². The van der Waals surface area contributed by atoms with Crippen LogP contribution in [0.25, 0.3) is 0 Å². The molecule has 1 atom stereocenters. The number of benzene rings is 1. The number of pyridine rings is 1. The highest BCUT2D eigenvalue weighted by molar-refractivity contribution is 5.94. The summed E-state index contributed by atoms with van der Waals surface area (Å²) in [5.41, 5.74) is 1.07. The van der Waals surface area contributed by atoms with Crippen LogP contribution >= 0.6 is 0 Å². The zero-order valence-electron chi connectivity index (χ0n) is 13.1. The van der Waals surface area contributed by atoms with Gasteiger partial charge < -0.3 is 10.2 Å². The van der Waals surface area contributed by atoms with Crippen molar-refractivity contribution in [1.82, 2.24) is 10.3 Å². The van der Waals surface area contributed by atoms with E-state index >= 15 is 0 Å². The van der Waals surface area contributed by atoms with Crippen molar-refractivity contribution in [1.29, 1.82) is 0 Å². The molecule has 2 heterocycles. The topological polar surface area (TPSA) is 45.2 Å². The Morgan fingerprint density at radius 1 is 1.26 bits per heavy atom. The van der Waals surface area contributed by atoms with Crippen LogP contribution in [0.2, 0.25) is 0 Å². The molecule has 1 aromatic carbocycles. The molecule has 1 saturated heterocycles. The number of rotatable bonds is 3. The Bertz CT molecular complexity index is 704. The van der Waals surface area contributed by atoms with Crippen LogP contribution in [0, 0.1) is 12.7 Å². The highest BCUT2D eigenvalue weighted by Gasteiger charge is 2.23. The van der Waals surface area contributed by atoms with Gasteiger partial charge in [-0.1, -0.05) is 18.2 Å². The predicted octanol–water partition coefficient (Wildman–Crippen LogP) is 2.93. The largest absolute Gasteiger partial charge is 0.355 e. The summed E-state index contributed by atoms with van der Waals surface area (Å²) < 4.78 is 13.7. The number of nitrogens with one attached hydrogen (secondary N) is 1. The molecule has 120 valence electrons. The maximum absolute atomic E-state index is 13.7. The van der Waals surface area contributed by atoms with Crippen molar-refractivity contribution in [2.24, 2.45) is 0 Å². The monoisotopic (exact) mass is 313 g/mol. The van der Waals surface area contributed by atoms with E-state index in [1.54, 1.807) is 12.1 Å². The van der Waals surface area contributed by atoms with Crippen molar-refractivity contribution in [2.45, 2.75) is 25.8 Å². The lowest BCUT2D eigenvalue weighted by molar-refractivity contribution is 0.0929. The normalized spacial score (nSPS) is 17.8. The molecular weight excluding hydrogens is 293 g/mol. The summed E-state index contributed by atoms with van der Waals surface area (Å²) in [5, 5.41) is 2.94. The van der Waals surface area contributed by atoms with Gasteiger partial charge in [-0.2, -0.15) is 0 Å². The number of amides is 1. The maximum Gasteiger partial charge on any atom is 0.254 e. The van der Waals surface area contributed by atoms with Gasteiger partial charge in [-0.15, -0.1) is 0 Å². The van der Waals surface area contributed by atoms with Crippen LogP contribution in [0.1, 0.15) is 28.9 Å². The quantitative estimate of drug-likeness (QED) is 0.947. The van der Waals surface area contributed by atoms with Crippen molar-refractivity contribution < 1.29 is 9.18 Å². The predicted molar refractivity (Wildman–Crippen MR) is 88.1 cm³/mol. The number of aryl methyl sites for hydroxylation is 1. The van der Waals surface area contributed by atoms with Crippen LogP contribution in [0.5, 0.6) is 0 Å². The Morgan fingerprint density at radius 2 is 2.09 bits per heavy atom. The highest BCUT2D eigenvalue weighted by Crippen LogP contribution is 2.18. The first-order valence-electron chi connectivity index (χ1n) is 7.87. The van der Waals surface area contributed by atoms with Gasteiger partial charge in [-0.05, 0) is 44.0 Å². The number of aromatic nitrogens is 1. The third kappa shape index (κ3) is 3.67. The molecule has 0 bridgehead atoms. The minimum Gasteiger partial charge on any atom is -0.355 e. The number of hydrogen-bond donors (Lipinski definition) is 1. The lowest BCUT2D eigenvalue weighted by Crippen LogP contribution is -2.48. The van der Waals surface area contributed by atoms with E-state index in [0.29, 0.717) is 6.54 Å². The average Bonchev–Trinajstić information content (AvgIpc) is 2.55. The van der Waals surface area contributed by atoms with Gasteiger partial charge in [0, 0.05) is 24.8 Å². The van der Waals surface area contributed by atoms with E-state index < -0.39 is 5.82 Å². The highest BCUT2D eigenvalue weighted by atomic mass is 19.1. The van der Waals surface area contributed by atoms with Crippen molar-refractivity contribution in [3.63, 3.8) is 0 Å². The SMILES string of the molecule is Cc1cccc(N2CCCC(NC(=O)c3ccccc3F)C2)n1. The summed E-state index contributed by atoms with van der Waals surface area (Å²) in [6.45, 7) is 3.57.